The van der Waals surface area contributed by atoms with Gasteiger partial charge in [-0.2, -0.15) is 0 Å². The van der Waals surface area contributed by atoms with Crippen molar-refractivity contribution in [1.29, 1.82) is 0 Å². The topological polar surface area (TPSA) is 55.8 Å². The Hall–Kier alpha value is -3.60. The van der Waals surface area contributed by atoms with E-state index in [4.69, 9.17) is 9.47 Å². The molecule has 3 aromatic carbocycles. The summed E-state index contributed by atoms with van der Waals surface area (Å²) in [6, 6.07) is 18.8. The van der Waals surface area contributed by atoms with E-state index in [-0.39, 0.29) is 23.6 Å². The molecule has 204 valence electrons. The Kier molecular flexibility index (Phi) is 7.79. The quantitative estimate of drug-likeness (QED) is 0.286. The summed E-state index contributed by atoms with van der Waals surface area (Å²) in [6.07, 6.45) is 7.83. The minimum atomic E-state index is -0.766. The third-order valence-electron chi connectivity index (χ3n) is 8.20. The first-order valence-corrected chi connectivity index (χ1v) is 13.9. The van der Waals surface area contributed by atoms with Crippen molar-refractivity contribution in [2.75, 3.05) is 7.11 Å². The van der Waals surface area contributed by atoms with Crippen LogP contribution in [-0.4, -0.2) is 18.2 Å². The van der Waals surface area contributed by atoms with Crippen molar-refractivity contribution in [2.24, 2.45) is 11.3 Å². The number of hydrogen-bond donors (Lipinski definition) is 1. The molecule has 3 aromatic rings. The maximum absolute atomic E-state index is 15.1. The summed E-state index contributed by atoms with van der Waals surface area (Å²) in [5.41, 5.74) is 5.62. The van der Waals surface area contributed by atoms with Gasteiger partial charge in [-0.05, 0) is 114 Å². The molecule has 0 aliphatic heterocycles. The van der Waals surface area contributed by atoms with E-state index in [9.17, 15) is 9.90 Å². The Balaban J connectivity index is 1.46. The Labute approximate surface area is 230 Å². The number of rotatable bonds is 10. The number of ether oxygens (including phenoxy) is 2. The van der Waals surface area contributed by atoms with Crippen LogP contribution in [0.4, 0.5) is 4.39 Å². The fraction of sp³-hybridized carbons (Fsp3) is 0.382. The second-order valence-electron chi connectivity index (χ2n) is 11.5. The molecule has 0 heterocycles. The number of hydrogen-bond acceptors (Lipinski definition) is 3. The van der Waals surface area contributed by atoms with Gasteiger partial charge in [0, 0.05) is 5.56 Å². The Morgan fingerprint density at radius 3 is 2.56 bits per heavy atom. The molecule has 0 radical (unpaired) electrons. The van der Waals surface area contributed by atoms with Crippen molar-refractivity contribution >= 4 is 11.5 Å². The summed E-state index contributed by atoms with van der Waals surface area (Å²) in [5, 5.41) is 9.40. The molecule has 0 aromatic heterocycles. The molecule has 2 aliphatic rings. The van der Waals surface area contributed by atoms with E-state index in [1.54, 1.807) is 19.2 Å². The molecule has 4 nitrogen and oxygen atoms in total. The van der Waals surface area contributed by atoms with Crippen molar-refractivity contribution in [3.8, 4) is 22.6 Å². The molecule has 0 saturated heterocycles. The highest BCUT2D eigenvalue weighted by Gasteiger charge is 2.34. The van der Waals surface area contributed by atoms with Gasteiger partial charge in [0.05, 0.1) is 13.5 Å². The van der Waals surface area contributed by atoms with Crippen LogP contribution < -0.4 is 9.47 Å². The number of benzene rings is 3. The second-order valence-corrected chi connectivity index (χ2v) is 11.5. The van der Waals surface area contributed by atoms with Crippen LogP contribution in [0.25, 0.3) is 16.7 Å². The lowest BCUT2D eigenvalue weighted by Gasteiger charge is -2.33. The van der Waals surface area contributed by atoms with Crippen LogP contribution in [0.5, 0.6) is 11.5 Å². The van der Waals surface area contributed by atoms with Crippen LogP contribution >= 0.6 is 0 Å². The summed E-state index contributed by atoms with van der Waals surface area (Å²) in [6.45, 7) is 4.87. The average molecular weight is 529 g/mol. The summed E-state index contributed by atoms with van der Waals surface area (Å²) in [7, 11) is 1.59. The predicted molar refractivity (Wildman–Crippen MR) is 152 cm³/mol. The Morgan fingerprint density at radius 2 is 1.85 bits per heavy atom. The van der Waals surface area contributed by atoms with Crippen LogP contribution in [0.2, 0.25) is 0 Å². The smallest absolute Gasteiger partial charge is 0.303 e. The number of carboxylic acids is 1. The van der Waals surface area contributed by atoms with E-state index in [0.717, 1.165) is 60.1 Å². The fourth-order valence-electron chi connectivity index (χ4n) is 5.90. The Bertz CT molecular complexity index is 1390. The van der Waals surface area contributed by atoms with Crippen LogP contribution in [-0.2, 0) is 11.4 Å². The molecule has 1 fully saturated rings. The lowest BCUT2D eigenvalue weighted by molar-refractivity contribution is -0.137. The summed E-state index contributed by atoms with van der Waals surface area (Å²) < 4.78 is 26.7. The molecule has 0 amide bonds. The summed E-state index contributed by atoms with van der Waals surface area (Å²) in [5.74, 6) is 0.766. The molecule has 0 spiro atoms. The minimum absolute atomic E-state index is 0.0233. The van der Waals surface area contributed by atoms with Gasteiger partial charge in [-0.1, -0.05) is 44.2 Å². The number of allylic oxidation sites excluding steroid dienone is 2. The van der Waals surface area contributed by atoms with E-state index in [1.807, 2.05) is 36.4 Å². The highest BCUT2D eigenvalue weighted by molar-refractivity contribution is 5.84. The maximum Gasteiger partial charge on any atom is 0.303 e. The normalized spacial score (nSPS) is 17.3. The van der Waals surface area contributed by atoms with Crippen LogP contribution in [0.1, 0.15) is 75.0 Å². The van der Waals surface area contributed by atoms with Crippen LogP contribution in [0, 0.1) is 17.2 Å². The van der Waals surface area contributed by atoms with Gasteiger partial charge in [-0.25, -0.2) is 4.39 Å². The minimum Gasteiger partial charge on any atom is -0.497 e. The zero-order valence-electron chi connectivity index (χ0n) is 23.0. The van der Waals surface area contributed by atoms with E-state index < -0.39 is 5.97 Å². The van der Waals surface area contributed by atoms with Gasteiger partial charge < -0.3 is 14.6 Å². The van der Waals surface area contributed by atoms with Gasteiger partial charge in [0.1, 0.15) is 23.9 Å². The van der Waals surface area contributed by atoms with E-state index in [2.05, 4.69) is 26.0 Å². The predicted octanol–water partition coefficient (Wildman–Crippen LogP) is 8.64. The highest BCUT2D eigenvalue weighted by Crippen LogP contribution is 2.47. The third-order valence-corrected chi connectivity index (χ3v) is 8.20. The van der Waals surface area contributed by atoms with Gasteiger partial charge in [0.25, 0.3) is 0 Å². The van der Waals surface area contributed by atoms with Crippen molar-refractivity contribution in [3.63, 3.8) is 0 Å². The van der Waals surface area contributed by atoms with Crippen molar-refractivity contribution in [1.82, 2.24) is 0 Å². The van der Waals surface area contributed by atoms with Crippen molar-refractivity contribution in [2.45, 2.75) is 64.9 Å². The van der Waals surface area contributed by atoms with E-state index >= 15 is 4.39 Å². The number of halogens is 1. The summed E-state index contributed by atoms with van der Waals surface area (Å²) >= 11 is 0. The lowest BCUT2D eigenvalue weighted by atomic mass is 9.71. The van der Waals surface area contributed by atoms with Crippen LogP contribution in [0.3, 0.4) is 0 Å². The number of methoxy groups -OCH3 is 1. The molecule has 0 unspecified atom stereocenters. The summed E-state index contributed by atoms with van der Waals surface area (Å²) in [4.78, 5) is 11.4. The molecule has 0 bridgehead atoms. The Morgan fingerprint density at radius 1 is 1.03 bits per heavy atom. The molecule has 1 N–H and O–H groups in total. The maximum atomic E-state index is 15.1. The zero-order chi connectivity index (χ0) is 27.6. The molecule has 1 saturated carbocycles. The molecular formula is C34H37FO4. The number of aliphatic carboxylic acids is 1. The first-order chi connectivity index (χ1) is 18.7. The highest BCUT2D eigenvalue weighted by atomic mass is 19.1. The number of carboxylic acid groups (broad SMARTS) is 1. The molecule has 2 aliphatic carbocycles. The second kappa shape index (κ2) is 11.3. The van der Waals surface area contributed by atoms with Gasteiger partial charge in [0.15, 0.2) is 0 Å². The van der Waals surface area contributed by atoms with Gasteiger partial charge in [0.2, 0.25) is 0 Å². The van der Waals surface area contributed by atoms with E-state index in [0.29, 0.717) is 23.8 Å². The third kappa shape index (κ3) is 6.19. The largest absolute Gasteiger partial charge is 0.497 e. The lowest BCUT2D eigenvalue weighted by Crippen LogP contribution is -2.18. The van der Waals surface area contributed by atoms with Crippen molar-refractivity contribution < 1.29 is 23.8 Å². The van der Waals surface area contributed by atoms with Gasteiger partial charge >= 0.3 is 5.97 Å². The van der Waals surface area contributed by atoms with Gasteiger partial charge in [-0.15, -0.1) is 0 Å². The SMILES string of the molecule is COc1ccc(F)c(-c2ccc(COc3cccc([C@@H](CC(=O)O)C4CC4)c3)cc2C2=CCCCC2(C)C)c1. The zero-order valence-corrected chi connectivity index (χ0v) is 23.0. The molecule has 39 heavy (non-hydrogen) atoms. The average Bonchev–Trinajstić information content (AvgIpc) is 3.76. The molecule has 5 rings (SSSR count). The fourth-order valence-corrected chi connectivity index (χ4v) is 5.90. The first kappa shape index (κ1) is 27.0. The standard InChI is InChI=1S/C34H37FO4/c1-34(2)16-5-4-9-31(34)29-17-22(10-14-27(29)30-19-25(38-3)13-15-32(30)35)21-39-26-8-6-7-24(18-26)28(20-33(36)37)23-11-12-23/h6-10,13-15,17-19,23,28H,4-5,11-12,16,20-21H2,1-3H3,(H,36,37)/t28-/m0/s1. The molecule has 1 atom stereocenters. The van der Waals surface area contributed by atoms with Gasteiger partial charge in [-0.3, -0.25) is 4.79 Å². The van der Waals surface area contributed by atoms with Crippen LogP contribution in [0.15, 0.2) is 66.7 Å². The number of carbonyl (C=O) groups is 1. The molecule has 5 heteroatoms. The van der Waals surface area contributed by atoms with E-state index in [1.165, 1.54) is 11.6 Å². The van der Waals surface area contributed by atoms with Crippen molar-refractivity contribution in [3.05, 3.63) is 89.2 Å². The molecular weight excluding hydrogens is 491 g/mol. The first-order valence-electron chi connectivity index (χ1n) is 13.9. The monoisotopic (exact) mass is 528 g/mol.